The molecule has 1 amide bonds. The van der Waals surface area contributed by atoms with Gasteiger partial charge in [0.05, 0.1) is 0 Å². The molecule has 0 saturated heterocycles. The van der Waals surface area contributed by atoms with Crippen LogP contribution in [0.2, 0.25) is 0 Å². The minimum Gasteiger partial charge on any atom is -0.368 e. The average Bonchev–Trinajstić information content (AvgIpc) is 2.49. The molecule has 1 rings (SSSR count). The maximum Gasteiger partial charge on any atom is 0.245 e. The van der Waals surface area contributed by atoms with Crippen molar-refractivity contribution in [3.05, 3.63) is 35.9 Å². The molecule has 0 saturated carbocycles. The number of primary amides is 1. The SMILES string of the molecule is NCCC[C@](N)(C(N)=O)C(=O)CCCCc1ccccc1. The van der Waals surface area contributed by atoms with Crippen LogP contribution in [0.4, 0.5) is 0 Å². The number of aryl methyl sites for hydroxylation is 1. The number of hydrogen-bond acceptors (Lipinski definition) is 4. The first-order valence-corrected chi connectivity index (χ1v) is 7.37. The Hall–Kier alpha value is -1.72. The van der Waals surface area contributed by atoms with E-state index < -0.39 is 11.4 Å². The van der Waals surface area contributed by atoms with E-state index in [0.29, 0.717) is 19.4 Å². The Balaban J connectivity index is 2.42. The number of carbonyl (C=O) groups excluding carboxylic acids is 2. The second kappa shape index (κ2) is 8.54. The standard InChI is InChI=1S/C16H25N3O2/c17-12-6-11-16(19,15(18)21)14(20)10-5-4-9-13-7-2-1-3-8-13/h1-3,7-8H,4-6,9-12,17,19H2,(H2,18,21)/t16-/m1/s1. The Morgan fingerprint density at radius 3 is 2.29 bits per heavy atom. The van der Waals surface area contributed by atoms with Crippen LogP contribution >= 0.6 is 0 Å². The van der Waals surface area contributed by atoms with Crippen molar-refractivity contribution in [2.24, 2.45) is 17.2 Å². The fourth-order valence-corrected chi connectivity index (χ4v) is 2.26. The predicted molar refractivity (Wildman–Crippen MR) is 83.4 cm³/mol. The zero-order chi connectivity index (χ0) is 15.7. The van der Waals surface area contributed by atoms with E-state index in [1.54, 1.807) is 0 Å². The number of Topliss-reactive ketones (excluding diaryl/α,β-unsaturated/α-hetero) is 1. The largest absolute Gasteiger partial charge is 0.368 e. The summed E-state index contributed by atoms with van der Waals surface area (Å²) in [6.07, 6.45) is 3.48. The van der Waals surface area contributed by atoms with Crippen molar-refractivity contribution in [2.45, 2.75) is 44.1 Å². The maximum absolute atomic E-state index is 12.2. The van der Waals surface area contributed by atoms with Crippen molar-refractivity contribution >= 4 is 11.7 Å². The van der Waals surface area contributed by atoms with Crippen LogP contribution in [0.25, 0.3) is 0 Å². The molecular formula is C16H25N3O2. The molecule has 1 atom stereocenters. The molecule has 0 spiro atoms. The van der Waals surface area contributed by atoms with Gasteiger partial charge in [-0.1, -0.05) is 30.3 Å². The van der Waals surface area contributed by atoms with Crippen molar-refractivity contribution in [3.8, 4) is 0 Å². The molecule has 116 valence electrons. The van der Waals surface area contributed by atoms with Gasteiger partial charge in [-0.2, -0.15) is 0 Å². The monoisotopic (exact) mass is 291 g/mol. The van der Waals surface area contributed by atoms with Crippen molar-refractivity contribution in [3.63, 3.8) is 0 Å². The summed E-state index contributed by atoms with van der Waals surface area (Å²) in [5.41, 5.74) is 16.2. The minimum atomic E-state index is -1.56. The molecule has 0 fully saturated rings. The zero-order valence-electron chi connectivity index (χ0n) is 12.4. The molecule has 0 aliphatic heterocycles. The van der Waals surface area contributed by atoms with E-state index in [1.165, 1.54) is 5.56 Å². The van der Waals surface area contributed by atoms with Gasteiger partial charge in [-0.25, -0.2) is 0 Å². The van der Waals surface area contributed by atoms with Gasteiger partial charge in [-0.3, -0.25) is 9.59 Å². The molecule has 0 aliphatic carbocycles. The van der Waals surface area contributed by atoms with Gasteiger partial charge in [0, 0.05) is 6.42 Å². The number of ketones is 1. The van der Waals surface area contributed by atoms with E-state index in [2.05, 4.69) is 12.1 Å². The third-order valence-corrected chi connectivity index (χ3v) is 3.67. The second-order valence-electron chi connectivity index (χ2n) is 5.34. The summed E-state index contributed by atoms with van der Waals surface area (Å²) in [5.74, 6) is -1.04. The first kappa shape index (κ1) is 17.3. The van der Waals surface area contributed by atoms with E-state index in [0.717, 1.165) is 12.8 Å². The predicted octanol–water partition coefficient (Wildman–Crippen LogP) is 0.890. The average molecular weight is 291 g/mol. The Morgan fingerprint density at radius 2 is 1.71 bits per heavy atom. The van der Waals surface area contributed by atoms with E-state index in [1.807, 2.05) is 18.2 Å². The van der Waals surface area contributed by atoms with Crippen molar-refractivity contribution < 1.29 is 9.59 Å². The van der Waals surface area contributed by atoms with E-state index >= 15 is 0 Å². The number of amides is 1. The summed E-state index contributed by atoms with van der Waals surface area (Å²) >= 11 is 0. The lowest BCUT2D eigenvalue weighted by atomic mass is 9.86. The van der Waals surface area contributed by atoms with Gasteiger partial charge in [-0.05, 0) is 44.2 Å². The quantitative estimate of drug-likeness (QED) is 0.439. The Bertz CT molecular complexity index is 462. The normalized spacial score (nSPS) is 13.6. The number of benzene rings is 1. The van der Waals surface area contributed by atoms with E-state index in [-0.39, 0.29) is 18.6 Å². The van der Waals surface area contributed by atoms with Gasteiger partial charge in [0.1, 0.15) is 0 Å². The van der Waals surface area contributed by atoms with Gasteiger partial charge >= 0.3 is 0 Å². The first-order valence-electron chi connectivity index (χ1n) is 7.37. The summed E-state index contributed by atoms with van der Waals surface area (Å²) in [6, 6.07) is 10.1. The van der Waals surface area contributed by atoms with Crippen LogP contribution in [-0.2, 0) is 16.0 Å². The van der Waals surface area contributed by atoms with E-state index in [4.69, 9.17) is 17.2 Å². The lowest BCUT2D eigenvalue weighted by Gasteiger charge is -2.24. The van der Waals surface area contributed by atoms with Crippen LogP contribution in [0.5, 0.6) is 0 Å². The smallest absolute Gasteiger partial charge is 0.245 e. The van der Waals surface area contributed by atoms with E-state index in [9.17, 15) is 9.59 Å². The number of carbonyl (C=O) groups is 2. The van der Waals surface area contributed by atoms with Gasteiger partial charge in [0.15, 0.2) is 11.3 Å². The highest BCUT2D eigenvalue weighted by atomic mass is 16.2. The van der Waals surface area contributed by atoms with Crippen LogP contribution in [0.15, 0.2) is 30.3 Å². The molecule has 0 bridgehead atoms. The summed E-state index contributed by atoms with van der Waals surface area (Å²) in [6.45, 7) is 0.382. The number of unbranched alkanes of at least 4 members (excludes halogenated alkanes) is 1. The summed E-state index contributed by atoms with van der Waals surface area (Å²) in [4.78, 5) is 23.6. The number of hydrogen-bond donors (Lipinski definition) is 3. The highest BCUT2D eigenvalue weighted by Gasteiger charge is 2.38. The molecule has 6 N–H and O–H groups in total. The number of rotatable bonds is 10. The zero-order valence-corrected chi connectivity index (χ0v) is 12.4. The first-order chi connectivity index (χ1) is 10.0. The molecule has 0 unspecified atom stereocenters. The third-order valence-electron chi connectivity index (χ3n) is 3.67. The topological polar surface area (TPSA) is 112 Å². The highest BCUT2D eigenvalue weighted by molar-refractivity contribution is 6.09. The molecule has 21 heavy (non-hydrogen) atoms. The highest BCUT2D eigenvalue weighted by Crippen LogP contribution is 2.15. The van der Waals surface area contributed by atoms with Crippen molar-refractivity contribution in [1.82, 2.24) is 0 Å². The lowest BCUT2D eigenvalue weighted by molar-refractivity contribution is -0.134. The summed E-state index contributed by atoms with van der Waals surface area (Å²) in [5, 5.41) is 0. The molecule has 5 nitrogen and oxygen atoms in total. The molecule has 5 heteroatoms. The Morgan fingerprint density at radius 1 is 1.05 bits per heavy atom. The fraction of sp³-hybridized carbons (Fsp3) is 0.500. The fourth-order valence-electron chi connectivity index (χ4n) is 2.26. The summed E-state index contributed by atoms with van der Waals surface area (Å²) < 4.78 is 0. The van der Waals surface area contributed by atoms with Gasteiger partial charge in [-0.15, -0.1) is 0 Å². The Labute approximate surface area is 125 Å². The summed E-state index contributed by atoms with van der Waals surface area (Å²) in [7, 11) is 0. The molecule has 0 aliphatic rings. The van der Waals surface area contributed by atoms with Crippen LogP contribution in [0, 0.1) is 0 Å². The molecule has 0 aromatic heterocycles. The van der Waals surface area contributed by atoms with Gasteiger partial charge < -0.3 is 17.2 Å². The van der Waals surface area contributed by atoms with Crippen LogP contribution in [0.3, 0.4) is 0 Å². The number of nitrogens with two attached hydrogens (primary N) is 3. The third kappa shape index (κ3) is 5.28. The van der Waals surface area contributed by atoms with Crippen LogP contribution in [0.1, 0.15) is 37.7 Å². The molecule has 0 heterocycles. The van der Waals surface area contributed by atoms with Gasteiger partial charge in [0.25, 0.3) is 0 Å². The molecule has 1 aromatic carbocycles. The Kier molecular flexibility index (Phi) is 7.05. The van der Waals surface area contributed by atoms with Crippen LogP contribution in [-0.4, -0.2) is 23.8 Å². The maximum atomic E-state index is 12.2. The molecular weight excluding hydrogens is 266 g/mol. The van der Waals surface area contributed by atoms with Crippen molar-refractivity contribution in [2.75, 3.05) is 6.54 Å². The second-order valence-corrected chi connectivity index (χ2v) is 5.34. The molecule has 1 aromatic rings. The molecule has 0 radical (unpaired) electrons. The van der Waals surface area contributed by atoms with Crippen LogP contribution < -0.4 is 17.2 Å². The van der Waals surface area contributed by atoms with Gasteiger partial charge in [0.2, 0.25) is 5.91 Å². The van der Waals surface area contributed by atoms with Crippen molar-refractivity contribution in [1.29, 1.82) is 0 Å². The lowest BCUT2D eigenvalue weighted by Crippen LogP contribution is -2.58. The minimum absolute atomic E-state index is 0.219.